The molecule has 0 spiro atoms. The molecule has 0 bridgehead atoms. The monoisotopic (exact) mass is 437 g/mol. The van der Waals surface area contributed by atoms with Crippen molar-refractivity contribution in [2.45, 2.75) is 24.8 Å². The largest absolute Gasteiger partial charge is 0.480 e. The molecule has 0 aromatic heterocycles. The van der Waals surface area contributed by atoms with Gasteiger partial charge < -0.3 is 15.2 Å². The Bertz CT molecular complexity index is 1150. The molecule has 2 N–H and O–H groups in total. The normalized spacial score (nSPS) is 14.2. The Balaban J connectivity index is 1.48. The SMILES string of the molecule is C[C@@](Cc1ccc(F)cc1F)(NC(=O)OCC1c2ccccc2-c2ccccc21)C(=O)O. The van der Waals surface area contributed by atoms with Crippen molar-refractivity contribution in [3.05, 3.63) is 95.1 Å². The lowest BCUT2D eigenvalue weighted by molar-refractivity contribution is -0.143. The highest BCUT2D eigenvalue weighted by Crippen LogP contribution is 2.44. The third-order valence-corrected chi connectivity index (χ3v) is 5.75. The van der Waals surface area contributed by atoms with E-state index in [4.69, 9.17) is 4.74 Å². The number of alkyl carbamates (subject to hydrolysis) is 1. The van der Waals surface area contributed by atoms with Crippen LogP contribution in [0.5, 0.6) is 0 Å². The molecule has 1 aliphatic rings. The number of carbonyl (C=O) groups excluding carboxylic acids is 1. The molecule has 0 unspecified atom stereocenters. The molecule has 5 nitrogen and oxygen atoms in total. The first-order chi connectivity index (χ1) is 15.3. The number of amides is 1. The Morgan fingerprint density at radius 3 is 2.16 bits per heavy atom. The summed E-state index contributed by atoms with van der Waals surface area (Å²) in [7, 11) is 0. The maximum Gasteiger partial charge on any atom is 0.408 e. The fourth-order valence-corrected chi connectivity index (χ4v) is 4.08. The van der Waals surface area contributed by atoms with Crippen LogP contribution in [0.25, 0.3) is 11.1 Å². The number of carboxylic acid groups (broad SMARTS) is 1. The summed E-state index contributed by atoms with van der Waals surface area (Å²) in [6.45, 7) is 1.26. The van der Waals surface area contributed by atoms with Crippen molar-refractivity contribution >= 4 is 12.1 Å². The number of nitrogens with one attached hydrogen (secondary N) is 1. The van der Waals surface area contributed by atoms with Crippen LogP contribution in [-0.2, 0) is 16.0 Å². The molecule has 4 rings (SSSR count). The van der Waals surface area contributed by atoms with E-state index in [1.54, 1.807) is 0 Å². The first kappa shape index (κ1) is 21.5. The van der Waals surface area contributed by atoms with E-state index in [0.29, 0.717) is 6.07 Å². The van der Waals surface area contributed by atoms with Crippen LogP contribution in [0.4, 0.5) is 13.6 Å². The first-order valence-corrected chi connectivity index (χ1v) is 10.1. The Morgan fingerprint density at radius 1 is 1.00 bits per heavy atom. The summed E-state index contributed by atoms with van der Waals surface area (Å²) in [4.78, 5) is 24.4. The number of benzene rings is 3. The highest BCUT2D eigenvalue weighted by atomic mass is 19.1. The maximum atomic E-state index is 14.0. The van der Waals surface area contributed by atoms with Crippen molar-refractivity contribution in [3.8, 4) is 11.1 Å². The van der Waals surface area contributed by atoms with Crippen LogP contribution in [0, 0.1) is 11.6 Å². The van der Waals surface area contributed by atoms with E-state index in [1.165, 1.54) is 6.92 Å². The standard InChI is InChI=1S/C25H21F2NO4/c1-25(23(29)30,13-15-10-11-16(26)12-22(15)27)28-24(31)32-14-21-19-8-4-2-6-17(19)18-7-3-5-9-20(18)21/h2-12,21H,13-14H2,1H3,(H,28,31)(H,29,30)/t25-/m0/s1. The van der Waals surface area contributed by atoms with Crippen molar-refractivity contribution in [3.63, 3.8) is 0 Å². The zero-order chi connectivity index (χ0) is 22.9. The number of fused-ring (bicyclic) bond motifs is 3. The molecule has 0 saturated heterocycles. The van der Waals surface area contributed by atoms with Gasteiger partial charge in [0, 0.05) is 18.4 Å². The number of hydrogen-bond donors (Lipinski definition) is 2. The van der Waals surface area contributed by atoms with E-state index >= 15 is 0 Å². The lowest BCUT2D eigenvalue weighted by atomic mass is 9.92. The zero-order valence-corrected chi connectivity index (χ0v) is 17.3. The van der Waals surface area contributed by atoms with Crippen LogP contribution in [0.2, 0.25) is 0 Å². The molecule has 0 heterocycles. The van der Waals surface area contributed by atoms with Gasteiger partial charge in [0.15, 0.2) is 0 Å². The number of halogens is 2. The van der Waals surface area contributed by atoms with Gasteiger partial charge in [0.05, 0.1) is 0 Å². The van der Waals surface area contributed by atoms with Gasteiger partial charge in [-0.1, -0.05) is 54.6 Å². The lowest BCUT2D eigenvalue weighted by Gasteiger charge is -2.26. The number of carboxylic acids is 1. The number of ether oxygens (including phenoxy) is 1. The van der Waals surface area contributed by atoms with Gasteiger partial charge in [-0.2, -0.15) is 0 Å². The molecule has 0 fully saturated rings. The van der Waals surface area contributed by atoms with Gasteiger partial charge in [-0.25, -0.2) is 18.4 Å². The minimum atomic E-state index is -1.85. The van der Waals surface area contributed by atoms with Crippen molar-refractivity contribution in [2.75, 3.05) is 6.61 Å². The average Bonchev–Trinajstić information content (AvgIpc) is 3.08. The predicted molar refractivity (Wildman–Crippen MR) is 114 cm³/mol. The van der Waals surface area contributed by atoms with Gasteiger partial charge in [0.1, 0.15) is 23.8 Å². The molecular weight excluding hydrogens is 416 g/mol. The van der Waals surface area contributed by atoms with Crippen molar-refractivity contribution in [2.24, 2.45) is 0 Å². The second-order valence-corrected chi connectivity index (χ2v) is 8.00. The van der Waals surface area contributed by atoms with Gasteiger partial charge >= 0.3 is 12.1 Å². The number of carbonyl (C=O) groups is 2. The number of aliphatic carboxylic acids is 1. The van der Waals surface area contributed by atoms with Crippen LogP contribution in [0.15, 0.2) is 66.7 Å². The second-order valence-electron chi connectivity index (χ2n) is 8.00. The smallest absolute Gasteiger partial charge is 0.408 e. The number of rotatable bonds is 6. The molecule has 1 atom stereocenters. The van der Waals surface area contributed by atoms with Crippen LogP contribution in [-0.4, -0.2) is 29.3 Å². The van der Waals surface area contributed by atoms with E-state index in [2.05, 4.69) is 5.32 Å². The summed E-state index contributed by atoms with van der Waals surface area (Å²) in [5.74, 6) is -3.20. The molecule has 1 amide bonds. The van der Waals surface area contributed by atoms with Gasteiger partial charge in [0.2, 0.25) is 0 Å². The molecule has 7 heteroatoms. The van der Waals surface area contributed by atoms with Crippen LogP contribution < -0.4 is 5.32 Å². The summed E-state index contributed by atoms with van der Waals surface area (Å²) in [6, 6.07) is 18.5. The average molecular weight is 437 g/mol. The molecule has 0 aliphatic heterocycles. The molecule has 3 aromatic carbocycles. The van der Waals surface area contributed by atoms with Crippen molar-refractivity contribution in [1.29, 1.82) is 0 Å². The zero-order valence-electron chi connectivity index (χ0n) is 17.3. The molecule has 0 saturated carbocycles. The minimum Gasteiger partial charge on any atom is -0.480 e. The first-order valence-electron chi connectivity index (χ1n) is 10.1. The summed E-state index contributed by atoms with van der Waals surface area (Å²) in [5.41, 5.74) is 2.31. The van der Waals surface area contributed by atoms with E-state index in [0.717, 1.165) is 34.4 Å². The maximum absolute atomic E-state index is 14.0. The Hall–Kier alpha value is -3.74. The molecule has 32 heavy (non-hydrogen) atoms. The highest BCUT2D eigenvalue weighted by Gasteiger charge is 2.37. The highest BCUT2D eigenvalue weighted by molar-refractivity contribution is 5.84. The Labute approximate surface area is 183 Å². The van der Waals surface area contributed by atoms with E-state index in [-0.39, 0.29) is 24.5 Å². The summed E-state index contributed by atoms with van der Waals surface area (Å²) >= 11 is 0. The molecule has 3 aromatic rings. The number of hydrogen-bond acceptors (Lipinski definition) is 3. The van der Waals surface area contributed by atoms with Crippen LogP contribution in [0.1, 0.15) is 29.5 Å². The quantitative estimate of drug-likeness (QED) is 0.576. The molecule has 0 radical (unpaired) electrons. The molecule has 164 valence electrons. The van der Waals surface area contributed by atoms with Gasteiger partial charge in [-0.3, -0.25) is 0 Å². The second kappa shape index (κ2) is 8.42. The summed E-state index contributed by atoms with van der Waals surface area (Å²) in [5, 5.41) is 12.0. The fourth-order valence-electron chi connectivity index (χ4n) is 4.08. The summed E-state index contributed by atoms with van der Waals surface area (Å²) in [6.07, 6.45) is -1.31. The van der Waals surface area contributed by atoms with Crippen LogP contribution in [0.3, 0.4) is 0 Å². The van der Waals surface area contributed by atoms with E-state index in [1.807, 2.05) is 48.5 Å². The fraction of sp³-hybridized carbons (Fsp3) is 0.200. The third-order valence-electron chi connectivity index (χ3n) is 5.75. The van der Waals surface area contributed by atoms with Gasteiger partial charge in [-0.05, 0) is 40.8 Å². The van der Waals surface area contributed by atoms with E-state index < -0.39 is 29.2 Å². The summed E-state index contributed by atoms with van der Waals surface area (Å²) < 4.78 is 32.6. The minimum absolute atomic E-state index is 0.0144. The van der Waals surface area contributed by atoms with E-state index in [9.17, 15) is 23.5 Å². The van der Waals surface area contributed by atoms with Crippen LogP contribution >= 0.6 is 0 Å². The topological polar surface area (TPSA) is 75.6 Å². The van der Waals surface area contributed by atoms with Gasteiger partial charge in [0.25, 0.3) is 0 Å². The van der Waals surface area contributed by atoms with Crippen molar-refractivity contribution < 1.29 is 28.2 Å². The Morgan fingerprint density at radius 2 is 1.59 bits per heavy atom. The van der Waals surface area contributed by atoms with Gasteiger partial charge in [-0.15, -0.1) is 0 Å². The molecular formula is C25H21F2NO4. The lowest BCUT2D eigenvalue weighted by Crippen LogP contribution is -2.54. The van der Waals surface area contributed by atoms with Crippen molar-refractivity contribution in [1.82, 2.24) is 5.32 Å². The predicted octanol–water partition coefficient (Wildman–Crippen LogP) is 4.89. The Kier molecular flexibility index (Phi) is 5.65. The molecule has 1 aliphatic carbocycles. The third kappa shape index (κ3) is 4.06.